The van der Waals surface area contributed by atoms with Crippen LogP contribution in [0, 0.1) is 44.9 Å². The number of halogens is 4. The predicted molar refractivity (Wildman–Crippen MR) is 258 cm³/mol. The zero-order valence-corrected chi connectivity index (χ0v) is 48.0. The zero-order chi connectivity index (χ0) is 48.7. The van der Waals surface area contributed by atoms with Crippen molar-refractivity contribution in [2.45, 2.75) is 48.0 Å². The third-order valence-electron chi connectivity index (χ3n) is 10.7. The molecule has 2 fully saturated rings. The van der Waals surface area contributed by atoms with Gasteiger partial charge in [0.2, 0.25) is 0 Å². The van der Waals surface area contributed by atoms with Crippen LogP contribution in [0.25, 0.3) is 22.1 Å². The molecule has 0 radical (unpaired) electrons. The second kappa shape index (κ2) is 32.5. The van der Waals surface area contributed by atoms with E-state index >= 15 is 0 Å². The smallest absolute Gasteiger partial charge is 1.00 e. The van der Waals surface area contributed by atoms with Crippen LogP contribution in [-0.2, 0) is 19.3 Å². The second-order valence-electron chi connectivity index (χ2n) is 14.9. The van der Waals surface area contributed by atoms with Crippen molar-refractivity contribution in [3.8, 4) is 0 Å². The normalized spacial score (nSPS) is 16.8. The Kier molecular flexibility index (Phi) is 30.3. The van der Waals surface area contributed by atoms with E-state index in [1.165, 1.54) is 9.36 Å². The average Bonchev–Trinajstić information content (AvgIpc) is 3.85. The molecule has 8 rings (SSSR count). The first kappa shape index (κ1) is 64.4. The van der Waals surface area contributed by atoms with Crippen molar-refractivity contribution in [3.05, 3.63) is 117 Å². The zero-order valence-electron chi connectivity index (χ0n) is 40.7. The van der Waals surface area contributed by atoms with Crippen molar-refractivity contribution >= 4 is 97.2 Å². The quantitative estimate of drug-likeness (QED) is 0.0712. The summed E-state index contributed by atoms with van der Waals surface area (Å²) in [4.78, 5) is 69.9. The van der Waals surface area contributed by atoms with Crippen LogP contribution in [0.5, 0.6) is 0 Å². The van der Waals surface area contributed by atoms with Gasteiger partial charge in [-0.05, 0) is 115 Å². The second-order valence-corrected chi connectivity index (χ2v) is 16.5. The fourth-order valence-corrected chi connectivity index (χ4v) is 8.55. The summed E-state index contributed by atoms with van der Waals surface area (Å²) in [6.07, 6.45) is 4.62. The molecule has 0 aliphatic carbocycles. The Labute approximate surface area is 507 Å². The van der Waals surface area contributed by atoms with E-state index in [-0.39, 0.29) is 161 Å². The van der Waals surface area contributed by atoms with E-state index in [4.69, 9.17) is 39.7 Å². The number of piperidine rings is 2. The first-order valence-electron chi connectivity index (χ1n) is 20.6. The van der Waals surface area contributed by atoms with Gasteiger partial charge in [-0.1, -0.05) is 68.7 Å². The topological polar surface area (TPSA) is 235 Å². The van der Waals surface area contributed by atoms with Gasteiger partial charge >= 0.3 is 115 Å². The molecule has 2 aromatic carbocycles. The monoisotopic (exact) mass is 1110 g/mol. The summed E-state index contributed by atoms with van der Waals surface area (Å²) in [5.74, 6) is -1.65. The number of hydrogen-bond donors (Lipinski definition) is 3. The molecular formula is C46H55BrCl2FK2N8O9-. The number of benzene rings is 2. The number of carboxylic acid groups (broad SMARTS) is 2. The molecule has 3 N–H and O–H groups in total. The molecule has 69 heavy (non-hydrogen) atoms. The van der Waals surface area contributed by atoms with E-state index in [2.05, 4.69) is 46.3 Å². The molecule has 364 valence electrons. The van der Waals surface area contributed by atoms with Gasteiger partial charge in [0.15, 0.2) is 10.4 Å². The molecule has 6 heterocycles. The number of pyridine rings is 2. The number of nitrogens with one attached hydrogen (secondary N) is 1. The fraction of sp³-hybridized carbons (Fsp3) is 0.348. The standard InChI is InChI=1S/C21H21ClN4O3.C14H9BrClN3O.C7H13NO2.CH3F.CH2O3.CH4.CH3.2K.H/c1-12-5-3-6-15(22)17(12)20(27)26-16-7-4-9-23-18(16)19(24-26)25-10-8-14(21(28)29)13(2)11-25;1-8-4-2-5-9(16)11(8)14(20)19-10-6-3-7-17-12(10)13(15)18-19;1-5-4-8-3-2-6(5)7(9)10;1-2;2-1-4-3;;;;;/h3-7,9,13-14H,8,10-11H2,1-2H3,(H,28,29);2-7H,1H3;5-6,8H,2-4H2,1H3,(H,9,10);1H3;1,3H;1H4;1H3;;;/q;;;;;;-1;2*+1;-1/p-1/t13-,14+;;5-,6+;;;;;;;/m0.0......./s1/i;;;1D;;;;;;. The van der Waals surface area contributed by atoms with Crippen LogP contribution >= 0.6 is 39.1 Å². The maximum atomic E-state index is 13.3. The van der Waals surface area contributed by atoms with Gasteiger partial charge in [-0.2, -0.15) is 14.5 Å². The molecule has 0 unspecified atom stereocenters. The molecule has 23 heteroatoms. The Morgan fingerprint density at radius 3 is 1.75 bits per heavy atom. The van der Waals surface area contributed by atoms with Crippen LogP contribution in [0.15, 0.2) is 77.7 Å². The molecule has 2 aliphatic rings. The van der Waals surface area contributed by atoms with Gasteiger partial charge in [0, 0.05) is 25.5 Å². The van der Waals surface area contributed by atoms with Crippen LogP contribution in [-0.4, -0.2) is 103 Å². The number of aromatic nitrogens is 6. The summed E-state index contributed by atoms with van der Waals surface area (Å²) in [6.45, 7) is 10.2. The molecule has 4 atom stereocenters. The fourth-order valence-electron chi connectivity index (χ4n) is 7.48. The van der Waals surface area contributed by atoms with Crippen molar-refractivity contribution in [3.63, 3.8) is 0 Å². The van der Waals surface area contributed by atoms with E-state index in [1.807, 2.05) is 50.8 Å². The number of carbonyl (C=O) groups is 5. The molecule has 2 saturated heterocycles. The van der Waals surface area contributed by atoms with Gasteiger partial charge in [-0.15, -0.1) is 5.10 Å². The third-order valence-corrected chi connectivity index (χ3v) is 11.9. The summed E-state index contributed by atoms with van der Waals surface area (Å²) in [5, 5.41) is 39.3. The first-order valence-corrected chi connectivity index (χ1v) is 21.5. The van der Waals surface area contributed by atoms with Crippen LogP contribution in [0.1, 0.15) is 68.8 Å². The van der Waals surface area contributed by atoms with E-state index in [9.17, 15) is 28.7 Å². The van der Waals surface area contributed by atoms with Gasteiger partial charge in [-0.3, -0.25) is 38.3 Å². The van der Waals surface area contributed by atoms with E-state index in [1.54, 1.807) is 54.9 Å². The maximum absolute atomic E-state index is 13.3. The van der Waals surface area contributed by atoms with Gasteiger partial charge in [0.1, 0.15) is 11.0 Å². The first-order chi connectivity index (χ1) is 31.5. The Hall–Kier alpha value is -2.59. The summed E-state index contributed by atoms with van der Waals surface area (Å²) < 4.78 is 18.7. The van der Waals surface area contributed by atoms with Crippen molar-refractivity contribution in [1.29, 1.82) is 0 Å². The van der Waals surface area contributed by atoms with Gasteiger partial charge in [-0.25, -0.2) is 0 Å². The molecule has 4 aromatic heterocycles. The Bertz CT molecular complexity index is 2640. The number of alkyl halides is 1. The number of carboxylic acids is 2. The summed E-state index contributed by atoms with van der Waals surface area (Å²) >= 11 is 15.8. The number of nitrogens with zero attached hydrogens (tertiary/aromatic N) is 7. The minimum Gasteiger partial charge on any atom is -1.00 e. The number of anilines is 1. The number of aliphatic carboxylic acids is 2. The van der Waals surface area contributed by atoms with Crippen molar-refractivity contribution in [1.82, 2.24) is 34.8 Å². The van der Waals surface area contributed by atoms with Crippen LogP contribution in [0.2, 0.25) is 10.0 Å². The number of hydrogen-bond acceptors (Lipinski definition) is 13. The van der Waals surface area contributed by atoms with Gasteiger partial charge in [0.05, 0.1) is 52.6 Å². The van der Waals surface area contributed by atoms with Gasteiger partial charge < -0.3 is 39.4 Å². The van der Waals surface area contributed by atoms with Crippen molar-refractivity contribution < 1.29 is 154 Å². The molecule has 0 bridgehead atoms. The van der Waals surface area contributed by atoms with Crippen LogP contribution in [0.3, 0.4) is 0 Å². The molecule has 0 spiro atoms. The Morgan fingerprint density at radius 1 is 0.855 bits per heavy atom. The summed E-state index contributed by atoms with van der Waals surface area (Å²) in [7, 11) is -1.00. The molecule has 6 aromatic rings. The third kappa shape index (κ3) is 17.0. The molecule has 17 nitrogen and oxygen atoms in total. The van der Waals surface area contributed by atoms with Crippen molar-refractivity contribution in [2.75, 3.05) is 38.2 Å². The molecule has 0 saturated carbocycles. The van der Waals surface area contributed by atoms with E-state index in [0.717, 1.165) is 30.6 Å². The number of carbonyl (C=O) groups excluding carboxylic acids is 3. The molecule has 0 amide bonds. The Morgan fingerprint density at radius 2 is 1.32 bits per heavy atom. The van der Waals surface area contributed by atoms with Crippen LogP contribution < -0.4 is 118 Å². The average molecular weight is 1110 g/mol. The number of rotatable bonds is 6. The predicted octanol–water partition coefficient (Wildman–Crippen LogP) is 2.02. The number of aryl methyl sites for hydroxylation is 2. The van der Waals surface area contributed by atoms with Crippen LogP contribution in [0.4, 0.5) is 10.2 Å². The largest absolute Gasteiger partial charge is 1.00 e. The molecular weight excluding hydrogens is 1060 g/mol. The van der Waals surface area contributed by atoms with Crippen molar-refractivity contribution in [2.24, 2.45) is 23.7 Å². The summed E-state index contributed by atoms with van der Waals surface area (Å²) in [5.41, 5.74) is 4.95. The van der Waals surface area contributed by atoms with Gasteiger partial charge in [0.25, 0.3) is 18.3 Å². The minimum atomic E-state index is -1.00. The number of fused-ring (bicyclic) bond motifs is 2. The van der Waals surface area contributed by atoms with E-state index in [0.29, 0.717) is 73.2 Å². The maximum Gasteiger partial charge on any atom is 1.00 e. The Balaban J connectivity index is 0. The SMILES string of the molecule is C.C[C@H]1CNCC[C@H]1C(=O)O.Cc1cccc(Cl)c1C(=O)n1nc(Br)c2ncccc21.Cc1cccc(Cl)c1C(=O)n1nc(N2CC[C@@H](C(=O)O)[C@@H](C)C2)c2ncccc21.O=CO[O-].[2H]CF.[CH3-].[H-].[K+].[K+]. The van der Waals surface area contributed by atoms with E-state index < -0.39 is 19.1 Å². The minimum absolute atomic E-state index is 0. The molecule has 2 aliphatic heterocycles. The summed E-state index contributed by atoms with van der Waals surface area (Å²) in [6, 6.07) is 17.8.